The van der Waals surface area contributed by atoms with Gasteiger partial charge in [-0.05, 0) is 103 Å². The standard InChI is InChI=1S/C50H72N8O21/c1-48(2,3)78-44(64)52-23-35(60)42(63)53-34-21-33(55-46(66)74-25-28-11-15-30(16-12-28)58(71)72)36(37(61)40(34)77-43-38(62)41(50(7,68)26-75-43)56(8)47(67)79-49(4,5)6)39-32(18-17-31(76-39)22-51-19-20-59)54-45(65)73-24-27-9-13-29(14-10-27)57(69)70/h9-17,32-41,43,51,59-62,68H,18-26H2,1-8H3,(H,52,64)(H,53,63)(H,54,65)(H,55,66)/t32-,33+,34-,35-,36?,37+,38-,39+,40+,41-,43-,50+/m1/s1. The Balaban J connectivity index is 1.56. The average Bonchev–Trinajstić information content (AvgIpc) is 3.44. The van der Waals surface area contributed by atoms with Gasteiger partial charge in [0, 0.05) is 49.8 Å². The van der Waals surface area contributed by atoms with Crippen LogP contribution in [0.3, 0.4) is 0 Å². The topological polar surface area (TPSA) is 401 Å². The van der Waals surface area contributed by atoms with Crippen LogP contribution in [0.15, 0.2) is 60.4 Å². The molecular weight excluding hydrogens is 1050 g/mol. The highest BCUT2D eigenvalue weighted by atomic mass is 16.7. The fourth-order valence-electron chi connectivity index (χ4n) is 9.04. The first-order chi connectivity index (χ1) is 37.0. The van der Waals surface area contributed by atoms with Crippen LogP contribution in [-0.2, 0) is 51.2 Å². The third-order valence-electron chi connectivity index (χ3n) is 12.6. The van der Waals surface area contributed by atoms with Crippen molar-refractivity contribution in [3.05, 3.63) is 91.7 Å². The number of aliphatic hydroxyl groups is 5. The molecule has 2 aromatic carbocycles. The molecule has 1 saturated heterocycles. The number of amides is 5. The molecule has 0 aromatic heterocycles. The van der Waals surface area contributed by atoms with Gasteiger partial charge in [-0.1, -0.05) is 0 Å². The second-order valence-electron chi connectivity index (χ2n) is 21.4. The number of carbonyl (C=O) groups excluding carboxylic acids is 5. The first kappa shape index (κ1) is 62.8. The second kappa shape index (κ2) is 27.3. The van der Waals surface area contributed by atoms with Gasteiger partial charge in [-0.2, -0.15) is 0 Å². The van der Waals surface area contributed by atoms with Crippen LogP contribution in [0.4, 0.5) is 30.6 Å². The van der Waals surface area contributed by atoms with E-state index in [1.807, 2.05) is 0 Å². The molecule has 0 bridgehead atoms. The Morgan fingerprint density at radius 1 is 0.810 bits per heavy atom. The van der Waals surface area contributed by atoms with Gasteiger partial charge in [-0.15, -0.1) is 0 Å². The van der Waals surface area contributed by atoms with Crippen molar-refractivity contribution in [1.82, 2.24) is 31.5 Å². The smallest absolute Gasteiger partial charge is 0.410 e. The number of aliphatic hydroxyl groups excluding tert-OH is 4. The number of nitrogens with one attached hydrogen (secondary N) is 5. The quantitative estimate of drug-likeness (QED) is 0.0388. The first-order valence-electron chi connectivity index (χ1n) is 25.2. The average molecular weight is 1120 g/mol. The van der Waals surface area contributed by atoms with Crippen LogP contribution in [0.5, 0.6) is 0 Å². The van der Waals surface area contributed by atoms with Crippen LogP contribution in [-0.4, -0.2) is 188 Å². The summed E-state index contributed by atoms with van der Waals surface area (Å²) in [7, 11) is 1.27. The molecule has 29 nitrogen and oxygen atoms in total. The molecule has 10 N–H and O–H groups in total. The maximum Gasteiger partial charge on any atom is 0.410 e. The van der Waals surface area contributed by atoms with E-state index in [2.05, 4.69) is 26.6 Å². The number of likely N-dealkylation sites (N-methyl/N-ethyl adjacent to an activating group) is 1. The van der Waals surface area contributed by atoms with Crippen LogP contribution in [0.1, 0.15) is 72.4 Å². The maximum atomic E-state index is 14.0. The van der Waals surface area contributed by atoms with E-state index < -0.39 is 150 Å². The molecule has 438 valence electrons. The summed E-state index contributed by atoms with van der Waals surface area (Å²) in [6.07, 6.45) is -13.7. The fourth-order valence-corrected chi connectivity index (χ4v) is 9.04. The lowest BCUT2D eigenvalue weighted by atomic mass is 9.72. The van der Waals surface area contributed by atoms with E-state index in [1.165, 1.54) is 62.5 Å². The highest BCUT2D eigenvalue weighted by Gasteiger charge is 2.56. The van der Waals surface area contributed by atoms with Gasteiger partial charge in [0.05, 0.1) is 60.4 Å². The Labute approximate surface area is 454 Å². The van der Waals surface area contributed by atoms with E-state index in [4.69, 9.17) is 33.2 Å². The maximum absolute atomic E-state index is 14.0. The molecule has 2 fully saturated rings. The summed E-state index contributed by atoms with van der Waals surface area (Å²) in [6, 6.07) is 4.87. The molecule has 29 heteroatoms. The summed E-state index contributed by atoms with van der Waals surface area (Å²) in [6.45, 7) is 8.75. The summed E-state index contributed by atoms with van der Waals surface area (Å²) in [4.78, 5) is 89.7. The third kappa shape index (κ3) is 18.3. The lowest BCUT2D eigenvalue weighted by molar-refractivity contribution is -0.385. The predicted octanol–water partition coefficient (Wildman–Crippen LogP) is 1.49. The van der Waals surface area contributed by atoms with Gasteiger partial charge in [-0.25, -0.2) is 19.2 Å². The van der Waals surface area contributed by atoms with Crippen molar-refractivity contribution >= 4 is 41.7 Å². The number of nitro groups is 2. The Kier molecular flexibility index (Phi) is 21.7. The van der Waals surface area contributed by atoms with E-state index in [0.29, 0.717) is 11.1 Å². The van der Waals surface area contributed by atoms with Crippen molar-refractivity contribution in [1.29, 1.82) is 0 Å². The third-order valence-corrected chi connectivity index (χ3v) is 12.6. The molecule has 0 radical (unpaired) electrons. The van der Waals surface area contributed by atoms with Crippen molar-refractivity contribution in [2.45, 2.75) is 152 Å². The van der Waals surface area contributed by atoms with Gasteiger partial charge in [-0.3, -0.25) is 25.0 Å². The van der Waals surface area contributed by atoms with E-state index >= 15 is 0 Å². The highest BCUT2D eigenvalue weighted by molar-refractivity contribution is 5.82. The molecule has 1 saturated carbocycles. The van der Waals surface area contributed by atoms with E-state index in [-0.39, 0.29) is 49.9 Å². The van der Waals surface area contributed by atoms with Crippen molar-refractivity contribution < 1.29 is 92.5 Å². The van der Waals surface area contributed by atoms with E-state index in [0.717, 1.165) is 4.90 Å². The summed E-state index contributed by atoms with van der Waals surface area (Å²) in [5.74, 6) is -2.33. The monoisotopic (exact) mass is 1120 g/mol. The predicted molar refractivity (Wildman–Crippen MR) is 273 cm³/mol. The Morgan fingerprint density at radius 2 is 1.35 bits per heavy atom. The van der Waals surface area contributed by atoms with Crippen molar-refractivity contribution in [3.8, 4) is 0 Å². The molecule has 2 aliphatic heterocycles. The number of nitrogens with zero attached hydrogens (tertiary/aromatic N) is 3. The largest absolute Gasteiger partial charge is 0.491 e. The lowest BCUT2D eigenvalue weighted by Gasteiger charge is -2.52. The molecule has 79 heavy (non-hydrogen) atoms. The molecule has 5 amide bonds. The van der Waals surface area contributed by atoms with Gasteiger partial charge >= 0.3 is 24.4 Å². The van der Waals surface area contributed by atoms with Crippen molar-refractivity contribution in [2.75, 3.05) is 39.9 Å². The van der Waals surface area contributed by atoms with Gasteiger partial charge < -0.3 is 90.2 Å². The molecule has 1 aliphatic carbocycles. The van der Waals surface area contributed by atoms with Crippen LogP contribution < -0.4 is 26.6 Å². The Hall–Kier alpha value is -6.99. The highest BCUT2D eigenvalue weighted by Crippen LogP contribution is 2.39. The van der Waals surface area contributed by atoms with Crippen LogP contribution in [0.25, 0.3) is 0 Å². The normalized spacial score (nSPS) is 26.4. The van der Waals surface area contributed by atoms with Crippen LogP contribution in [0.2, 0.25) is 0 Å². The van der Waals surface area contributed by atoms with Crippen molar-refractivity contribution in [3.63, 3.8) is 0 Å². The number of nitro benzene ring substituents is 2. The van der Waals surface area contributed by atoms with Crippen molar-refractivity contribution in [2.24, 2.45) is 5.92 Å². The Morgan fingerprint density at radius 3 is 1.87 bits per heavy atom. The molecule has 0 spiro atoms. The minimum atomic E-state index is -1.98. The number of non-ortho nitro benzene ring substituents is 2. The number of hydrogen-bond donors (Lipinski definition) is 10. The summed E-state index contributed by atoms with van der Waals surface area (Å²) < 4.78 is 40.6. The lowest BCUT2D eigenvalue weighted by Crippen LogP contribution is -2.71. The van der Waals surface area contributed by atoms with Gasteiger partial charge in [0.1, 0.15) is 60.2 Å². The van der Waals surface area contributed by atoms with Gasteiger partial charge in [0.15, 0.2) is 6.29 Å². The molecular formula is C50H72N8O21. The zero-order chi connectivity index (χ0) is 58.6. The zero-order valence-electron chi connectivity index (χ0n) is 45.0. The molecule has 5 rings (SSSR count). The number of carbonyl (C=O) groups is 5. The number of alkyl carbamates (subject to hydrolysis) is 3. The SMILES string of the molecule is CN(C(=O)OC(C)(C)C)[C@@H]1[C@@H](O)[C@@H](O[C@H]2[C@H](NC(=O)[C@H](O)CNC(=O)OC(C)(C)C)C[C@H](NC(=O)OCc3ccc([N+](=O)[O-])cc3)C([C@H]3OC(CNCCO)=CC[C@H]3NC(=O)OCc3ccc([N+](=O)[O-])cc3)[C@@H]2O)OC[C@]1(C)O. The minimum absolute atomic E-state index is 0.00891. The number of benzene rings is 2. The molecule has 12 atom stereocenters. The number of hydrogen-bond acceptors (Lipinski definition) is 22. The summed E-state index contributed by atoms with van der Waals surface area (Å²) in [5.41, 5.74) is -3.60. The van der Waals surface area contributed by atoms with E-state index in [1.54, 1.807) is 47.6 Å². The summed E-state index contributed by atoms with van der Waals surface area (Å²) >= 11 is 0. The van der Waals surface area contributed by atoms with Gasteiger partial charge in [0.2, 0.25) is 0 Å². The Bertz CT molecular complexity index is 2470. The minimum Gasteiger partial charge on any atom is -0.491 e. The van der Waals surface area contributed by atoms with Crippen LogP contribution in [0, 0.1) is 26.1 Å². The molecule has 2 aromatic rings. The fraction of sp³-hybridized carbons (Fsp3) is 0.620. The zero-order valence-corrected chi connectivity index (χ0v) is 45.0. The van der Waals surface area contributed by atoms with Gasteiger partial charge in [0.25, 0.3) is 17.3 Å². The second-order valence-corrected chi connectivity index (χ2v) is 21.4. The molecule has 3 aliphatic rings. The molecule has 2 heterocycles. The van der Waals surface area contributed by atoms with E-state index in [9.17, 15) is 69.7 Å². The number of ether oxygens (including phenoxy) is 7. The summed E-state index contributed by atoms with van der Waals surface area (Å²) in [5, 5.41) is 93.0. The number of rotatable bonds is 20. The molecule has 1 unspecified atom stereocenters. The van der Waals surface area contributed by atoms with Crippen LogP contribution >= 0.6 is 0 Å². The first-order valence-corrected chi connectivity index (χ1v) is 25.2.